The van der Waals surface area contributed by atoms with E-state index < -0.39 is 11.5 Å². The van der Waals surface area contributed by atoms with E-state index in [4.69, 9.17) is 5.73 Å². The second-order valence-corrected chi connectivity index (χ2v) is 3.66. The van der Waals surface area contributed by atoms with Crippen molar-refractivity contribution in [2.45, 2.75) is 6.92 Å². The lowest BCUT2D eigenvalue weighted by Gasteiger charge is -1.94. The molecule has 0 bridgehead atoms. The molecule has 0 unspecified atom stereocenters. The summed E-state index contributed by atoms with van der Waals surface area (Å²) in [6.45, 7) is 1.81. The Bertz CT molecular complexity index is 569. The molecule has 2 rings (SSSR count). The van der Waals surface area contributed by atoms with Crippen molar-refractivity contribution in [3.05, 3.63) is 27.7 Å². The molecule has 0 fully saturated rings. The Morgan fingerprint density at radius 2 is 2.36 bits per heavy atom. The molecule has 0 aliphatic heterocycles. The zero-order valence-corrected chi connectivity index (χ0v) is 8.14. The van der Waals surface area contributed by atoms with Gasteiger partial charge in [-0.3, -0.25) is 9.59 Å². The molecule has 0 atom stereocenters. The number of nitrogens with one attached hydrogen (secondary N) is 1. The number of nitrogens with two attached hydrogens (primary N) is 1. The van der Waals surface area contributed by atoms with Gasteiger partial charge in [-0.15, -0.1) is 0 Å². The molecule has 0 saturated carbocycles. The fourth-order valence-electron chi connectivity index (χ4n) is 1.20. The first-order valence-corrected chi connectivity index (χ1v) is 4.66. The predicted octanol–water partition coefficient (Wildman–Crippen LogP) is 0.392. The van der Waals surface area contributed by atoms with Crippen LogP contribution in [-0.4, -0.2) is 15.3 Å². The number of carbonyl (C=O) groups is 1. The minimum atomic E-state index is -0.723. The zero-order chi connectivity index (χ0) is 10.3. The number of aryl methyl sites for hydroxylation is 1. The van der Waals surface area contributed by atoms with Crippen LogP contribution in [0.3, 0.4) is 0 Å². The van der Waals surface area contributed by atoms with Crippen LogP contribution in [-0.2, 0) is 0 Å². The monoisotopic (exact) mass is 209 g/mol. The van der Waals surface area contributed by atoms with E-state index in [9.17, 15) is 9.59 Å². The van der Waals surface area contributed by atoms with Crippen LogP contribution < -0.4 is 11.3 Å². The fourth-order valence-corrected chi connectivity index (χ4v) is 1.97. The molecule has 2 aromatic heterocycles. The SMILES string of the molecule is Cc1nsc2[nH]c(=O)c(C(N)=O)cc12. The van der Waals surface area contributed by atoms with Crippen LogP contribution >= 0.6 is 11.5 Å². The van der Waals surface area contributed by atoms with Crippen molar-refractivity contribution in [1.29, 1.82) is 0 Å². The first-order valence-electron chi connectivity index (χ1n) is 3.88. The van der Waals surface area contributed by atoms with E-state index in [0.29, 0.717) is 4.83 Å². The van der Waals surface area contributed by atoms with Crippen LogP contribution in [0.15, 0.2) is 10.9 Å². The Kier molecular flexibility index (Phi) is 1.85. The number of aromatic amines is 1. The molecular formula is C8H7N3O2S. The lowest BCUT2D eigenvalue weighted by atomic mass is 10.2. The highest BCUT2D eigenvalue weighted by Gasteiger charge is 2.10. The number of aromatic nitrogens is 2. The number of hydrogen-bond donors (Lipinski definition) is 2. The molecule has 2 aromatic rings. The number of amides is 1. The summed E-state index contributed by atoms with van der Waals surface area (Å²) in [5.74, 6) is -0.723. The van der Waals surface area contributed by atoms with E-state index >= 15 is 0 Å². The van der Waals surface area contributed by atoms with E-state index in [2.05, 4.69) is 9.36 Å². The van der Waals surface area contributed by atoms with Gasteiger partial charge >= 0.3 is 0 Å². The third-order valence-electron chi connectivity index (χ3n) is 1.93. The van der Waals surface area contributed by atoms with Crippen molar-refractivity contribution in [3.63, 3.8) is 0 Å². The second kappa shape index (κ2) is 2.91. The molecule has 2 heterocycles. The molecule has 0 aliphatic carbocycles. The number of nitrogens with zero attached hydrogens (tertiary/aromatic N) is 1. The molecule has 0 spiro atoms. The summed E-state index contributed by atoms with van der Waals surface area (Å²) < 4.78 is 4.06. The van der Waals surface area contributed by atoms with Gasteiger partial charge in [0.2, 0.25) is 0 Å². The normalized spacial score (nSPS) is 10.6. The summed E-state index contributed by atoms with van der Waals surface area (Å²) in [7, 11) is 0. The Morgan fingerprint density at radius 1 is 1.64 bits per heavy atom. The van der Waals surface area contributed by atoms with E-state index in [1.165, 1.54) is 17.6 Å². The summed E-state index contributed by atoms with van der Waals surface area (Å²) in [6.07, 6.45) is 0. The highest BCUT2D eigenvalue weighted by atomic mass is 32.1. The van der Waals surface area contributed by atoms with Gasteiger partial charge in [0, 0.05) is 5.39 Å². The second-order valence-electron chi connectivity index (χ2n) is 2.89. The van der Waals surface area contributed by atoms with Crippen LogP contribution in [0.4, 0.5) is 0 Å². The Morgan fingerprint density at radius 3 is 3.00 bits per heavy atom. The average Bonchev–Trinajstić information content (AvgIpc) is 2.46. The molecule has 3 N–H and O–H groups in total. The van der Waals surface area contributed by atoms with Crippen molar-refractivity contribution >= 4 is 27.7 Å². The van der Waals surface area contributed by atoms with Gasteiger partial charge in [-0.2, -0.15) is 4.37 Å². The summed E-state index contributed by atoms with van der Waals surface area (Å²) in [4.78, 5) is 25.4. The summed E-state index contributed by atoms with van der Waals surface area (Å²) in [6, 6.07) is 1.48. The van der Waals surface area contributed by atoms with Gasteiger partial charge in [0.25, 0.3) is 11.5 Å². The van der Waals surface area contributed by atoms with E-state index in [0.717, 1.165) is 11.1 Å². The molecule has 0 saturated heterocycles. The third kappa shape index (κ3) is 1.20. The van der Waals surface area contributed by atoms with Crippen LogP contribution in [0.2, 0.25) is 0 Å². The number of carbonyl (C=O) groups excluding carboxylic acids is 1. The lowest BCUT2D eigenvalue weighted by Crippen LogP contribution is -2.22. The standard InChI is InChI=1S/C8H7N3O2S/c1-3-4-2-5(6(9)12)7(13)10-8(4)14-11-3/h2H,1H3,(H2,9,12)(H,10,13). The number of pyridine rings is 1. The van der Waals surface area contributed by atoms with Crippen molar-refractivity contribution in [3.8, 4) is 0 Å². The molecular weight excluding hydrogens is 202 g/mol. The number of fused-ring (bicyclic) bond motifs is 1. The van der Waals surface area contributed by atoms with Gasteiger partial charge < -0.3 is 10.7 Å². The number of H-pyrrole nitrogens is 1. The molecule has 1 amide bonds. The molecule has 14 heavy (non-hydrogen) atoms. The summed E-state index contributed by atoms with van der Waals surface area (Å²) >= 11 is 1.19. The first kappa shape index (κ1) is 8.89. The van der Waals surface area contributed by atoms with E-state index in [-0.39, 0.29) is 5.56 Å². The van der Waals surface area contributed by atoms with Gasteiger partial charge in [-0.05, 0) is 24.5 Å². The maximum Gasteiger partial charge on any atom is 0.261 e. The van der Waals surface area contributed by atoms with Gasteiger partial charge in [0.1, 0.15) is 10.4 Å². The number of rotatable bonds is 1. The van der Waals surface area contributed by atoms with Gasteiger partial charge in [-0.25, -0.2) is 0 Å². The smallest absolute Gasteiger partial charge is 0.261 e. The third-order valence-corrected chi connectivity index (χ3v) is 2.80. The number of primary amides is 1. The minimum Gasteiger partial charge on any atom is -0.365 e. The topological polar surface area (TPSA) is 88.8 Å². The van der Waals surface area contributed by atoms with Crippen LogP contribution in [0.5, 0.6) is 0 Å². The largest absolute Gasteiger partial charge is 0.365 e. The Hall–Kier alpha value is -1.69. The van der Waals surface area contributed by atoms with Crippen molar-refractivity contribution in [2.24, 2.45) is 5.73 Å². The molecule has 0 aliphatic rings. The van der Waals surface area contributed by atoms with Crippen molar-refractivity contribution < 1.29 is 4.79 Å². The molecule has 72 valence electrons. The van der Waals surface area contributed by atoms with E-state index in [1.807, 2.05) is 6.92 Å². The highest BCUT2D eigenvalue weighted by molar-refractivity contribution is 7.12. The van der Waals surface area contributed by atoms with Crippen molar-refractivity contribution in [1.82, 2.24) is 9.36 Å². The lowest BCUT2D eigenvalue weighted by molar-refractivity contribution is 0.0999. The van der Waals surface area contributed by atoms with Crippen LogP contribution in [0.1, 0.15) is 16.1 Å². The quantitative estimate of drug-likeness (QED) is 0.712. The molecule has 0 radical (unpaired) electrons. The minimum absolute atomic E-state index is 0.0270. The molecule has 0 aromatic carbocycles. The highest BCUT2D eigenvalue weighted by Crippen LogP contribution is 2.18. The Labute approximate surface area is 82.7 Å². The van der Waals surface area contributed by atoms with Crippen molar-refractivity contribution in [2.75, 3.05) is 0 Å². The summed E-state index contributed by atoms with van der Waals surface area (Å²) in [5.41, 5.74) is 5.34. The van der Waals surface area contributed by atoms with Gasteiger partial charge in [0.15, 0.2) is 0 Å². The fraction of sp³-hybridized carbons (Fsp3) is 0.125. The van der Waals surface area contributed by atoms with Gasteiger partial charge in [0.05, 0.1) is 5.69 Å². The molecule has 5 nitrogen and oxygen atoms in total. The van der Waals surface area contributed by atoms with E-state index in [1.54, 1.807) is 0 Å². The van der Waals surface area contributed by atoms with Crippen LogP contribution in [0, 0.1) is 6.92 Å². The summed E-state index contributed by atoms with van der Waals surface area (Å²) in [5, 5.41) is 0.767. The molecule has 6 heteroatoms. The Balaban J connectivity index is 2.87. The maximum absolute atomic E-state index is 11.3. The van der Waals surface area contributed by atoms with Crippen LogP contribution in [0.25, 0.3) is 10.2 Å². The predicted molar refractivity (Wildman–Crippen MR) is 53.5 cm³/mol. The maximum atomic E-state index is 11.3. The van der Waals surface area contributed by atoms with Gasteiger partial charge in [-0.1, -0.05) is 0 Å². The first-order chi connectivity index (χ1) is 6.59. The number of hydrogen-bond acceptors (Lipinski definition) is 4. The average molecular weight is 209 g/mol. The zero-order valence-electron chi connectivity index (χ0n) is 7.33.